The quantitative estimate of drug-likeness (QED) is 0.108. The van der Waals surface area contributed by atoms with Crippen molar-refractivity contribution in [3.05, 3.63) is 59.7 Å². The second-order valence-corrected chi connectivity index (χ2v) is 14.1. The van der Waals surface area contributed by atoms with Gasteiger partial charge in [-0.15, -0.1) is 0 Å². The topological polar surface area (TPSA) is 98.8 Å². The van der Waals surface area contributed by atoms with Crippen molar-refractivity contribution in [3.8, 4) is 23.0 Å². The van der Waals surface area contributed by atoms with Crippen molar-refractivity contribution in [1.29, 1.82) is 0 Å². The SMILES string of the molecule is CCOP(=O)(COC(=O)[C@@H](C)c1ccc2cc(OC)ccc2c1)OCCC(C)(C)SCc1c(OC)cc(OC)cc1OC. The first-order valence-corrected chi connectivity index (χ1v) is 16.7. The van der Waals surface area contributed by atoms with Gasteiger partial charge >= 0.3 is 13.6 Å². The molecule has 3 aromatic carbocycles. The predicted octanol–water partition coefficient (Wildman–Crippen LogP) is 7.83. The number of thioether (sulfide) groups is 1. The Labute approximate surface area is 259 Å². The largest absolute Gasteiger partial charge is 0.497 e. The van der Waals surface area contributed by atoms with Crippen LogP contribution in [0.4, 0.5) is 0 Å². The molecule has 3 rings (SSSR count). The zero-order chi connectivity index (χ0) is 31.6. The first kappa shape index (κ1) is 34.6. The Hall–Kier alpha value is -2.91. The molecule has 0 saturated heterocycles. The van der Waals surface area contributed by atoms with Gasteiger partial charge in [0.1, 0.15) is 23.0 Å². The molecule has 0 spiro atoms. The average Bonchev–Trinajstić information content (AvgIpc) is 3.01. The Morgan fingerprint density at radius 3 is 2.09 bits per heavy atom. The van der Waals surface area contributed by atoms with Crippen LogP contribution in [-0.2, 0) is 28.9 Å². The monoisotopic (exact) mass is 634 g/mol. The minimum Gasteiger partial charge on any atom is -0.497 e. The Morgan fingerprint density at radius 1 is 0.860 bits per heavy atom. The van der Waals surface area contributed by atoms with Crippen molar-refractivity contribution in [2.75, 3.05) is 48.0 Å². The van der Waals surface area contributed by atoms with E-state index in [1.165, 1.54) is 0 Å². The molecule has 0 aliphatic heterocycles. The molecule has 0 radical (unpaired) electrons. The van der Waals surface area contributed by atoms with E-state index < -0.39 is 25.8 Å². The van der Waals surface area contributed by atoms with Crippen molar-refractivity contribution >= 4 is 36.1 Å². The van der Waals surface area contributed by atoms with E-state index in [-0.39, 0.29) is 18.0 Å². The predicted molar refractivity (Wildman–Crippen MR) is 171 cm³/mol. The van der Waals surface area contributed by atoms with Crippen LogP contribution in [0, 0.1) is 0 Å². The molecule has 43 heavy (non-hydrogen) atoms. The molecule has 1 unspecified atom stereocenters. The molecule has 0 fully saturated rings. The highest BCUT2D eigenvalue weighted by atomic mass is 32.2. The van der Waals surface area contributed by atoms with Crippen molar-refractivity contribution in [2.24, 2.45) is 0 Å². The van der Waals surface area contributed by atoms with Gasteiger partial charge in [-0.25, -0.2) is 0 Å². The lowest BCUT2D eigenvalue weighted by Crippen LogP contribution is -2.19. The molecule has 3 aromatic rings. The van der Waals surface area contributed by atoms with E-state index >= 15 is 0 Å². The fourth-order valence-electron chi connectivity index (χ4n) is 4.34. The Morgan fingerprint density at radius 2 is 1.49 bits per heavy atom. The number of esters is 1. The molecule has 0 amide bonds. The van der Waals surface area contributed by atoms with Gasteiger partial charge in [0.15, 0.2) is 6.35 Å². The maximum Gasteiger partial charge on any atom is 0.367 e. The summed E-state index contributed by atoms with van der Waals surface area (Å²) >= 11 is 1.69. The van der Waals surface area contributed by atoms with Gasteiger partial charge in [0.2, 0.25) is 0 Å². The van der Waals surface area contributed by atoms with E-state index in [4.69, 9.17) is 32.7 Å². The van der Waals surface area contributed by atoms with Gasteiger partial charge in [0, 0.05) is 28.2 Å². The van der Waals surface area contributed by atoms with Crippen LogP contribution < -0.4 is 18.9 Å². The zero-order valence-corrected chi connectivity index (χ0v) is 28.0. The van der Waals surface area contributed by atoms with Gasteiger partial charge in [-0.1, -0.05) is 38.1 Å². The second kappa shape index (κ2) is 15.7. The highest BCUT2D eigenvalue weighted by molar-refractivity contribution is 7.99. The van der Waals surface area contributed by atoms with Crippen LogP contribution in [0.2, 0.25) is 0 Å². The number of benzene rings is 3. The minimum atomic E-state index is -3.67. The summed E-state index contributed by atoms with van der Waals surface area (Å²) in [5, 5.41) is 1.98. The lowest BCUT2D eigenvalue weighted by atomic mass is 9.98. The summed E-state index contributed by atoms with van der Waals surface area (Å²) in [5.41, 5.74) is 1.70. The Balaban J connectivity index is 1.57. The maximum absolute atomic E-state index is 13.4. The average molecular weight is 635 g/mol. The Bertz CT molecular complexity index is 1400. The van der Waals surface area contributed by atoms with Crippen LogP contribution >= 0.6 is 19.4 Å². The van der Waals surface area contributed by atoms with Gasteiger partial charge in [-0.2, -0.15) is 11.8 Å². The zero-order valence-electron chi connectivity index (χ0n) is 26.3. The molecule has 0 bridgehead atoms. The van der Waals surface area contributed by atoms with Crippen LogP contribution in [0.25, 0.3) is 10.8 Å². The molecule has 0 N–H and O–H groups in total. The first-order chi connectivity index (χ1) is 20.5. The van der Waals surface area contributed by atoms with Crippen LogP contribution in [0.3, 0.4) is 0 Å². The van der Waals surface area contributed by atoms with E-state index in [1.807, 2.05) is 48.5 Å². The summed E-state index contributed by atoms with van der Waals surface area (Å²) in [4.78, 5) is 12.9. The first-order valence-electron chi connectivity index (χ1n) is 14.0. The molecule has 236 valence electrons. The van der Waals surface area contributed by atoms with Crippen molar-refractivity contribution in [3.63, 3.8) is 0 Å². The molecule has 0 heterocycles. The van der Waals surface area contributed by atoms with E-state index in [9.17, 15) is 9.36 Å². The molecular formula is C32H43O9PS. The molecule has 9 nitrogen and oxygen atoms in total. The van der Waals surface area contributed by atoms with Gasteiger partial charge in [-0.3, -0.25) is 9.36 Å². The van der Waals surface area contributed by atoms with Crippen LogP contribution in [0.5, 0.6) is 23.0 Å². The third kappa shape index (κ3) is 9.54. The summed E-state index contributed by atoms with van der Waals surface area (Å²) in [6.07, 6.45) is 0.115. The lowest BCUT2D eigenvalue weighted by molar-refractivity contribution is -0.143. The van der Waals surface area contributed by atoms with Crippen LogP contribution in [0.15, 0.2) is 48.5 Å². The van der Waals surface area contributed by atoms with E-state index in [0.29, 0.717) is 29.4 Å². The van der Waals surface area contributed by atoms with Gasteiger partial charge in [0.05, 0.1) is 47.6 Å². The summed E-state index contributed by atoms with van der Waals surface area (Å²) in [5.74, 6) is 2.31. The van der Waals surface area contributed by atoms with Crippen LogP contribution in [-0.4, -0.2) is 58.7 Å². The normalized spacial score (nSPS) is 13.7. The van der Waals surface area contributed by atoms with E-state index in [0.717, 1.165) is 27.6 Å². The van der Waals surface area contributed by atoms with Gasteiger partial charge in [0.25, 0.3) is 0 Å². The molecule has 0 aliphatic carbocycles. The van der Waals surface area contributed by atoms with Crippen molar-refractivity contribution in [2.45, 2.75) is 50.5 Å². The minimum absolute atomic E-state index is 0.160. The number of methoxy groups -OCH3 is 4. The van der Waals surface area contributed by atoms with Crippen molar-refractivity contribution in [1.82, 2.24) is 0 Å². The lowest BCUT2D eigenvalue weighted by Gasteiger charge is -2.26. The number of hydrogen-bond acceptors (Lipinski definition) is 10. The summed E-state index contributed by atoms with van der Waals surface area (Å²) in [7, 11) is 2.77. The van der Waals surface area contributed by atoms with Gasteiger partial charge in [-0.05, 0) is 48.7 Å². The highest BCUT2D eigenvalue weighted by Crippen LogP contribution is 2.49. The number of hydrogen-bond donors (Lipinski definition) is 0. The maximum atomic E-state index is 13.4. The fourth-order valence-corrected chi connectivity index (χ4v) is 6.66. The van der Waals surface area contributed by atoms with Crippen molar-refractivity contribution < 1.29 is 42.1 Å². The highest BCUT2D eigenvalue weighted by Gasteiger charge is 2.30. The van der Waals surface area contributed by atoms with Crippen LogP contribution in [0.1, 0.15) is 51.2 Å². The molecule has 0 aromatic heterocycles. The number of fused-ring (bicyclic) bond motifs is 1. The summed E-state index contributed by atoms with van der Waals surface area (Å²) < 4.78 is 51.6. The number of ether oxygens (including phenoxy) is 5. The fraction of sp³-hybridized carbons (Fsp3) is 0.469. The summed E-state index contributed by atoms with van der Waals surface area (Å²) in [6, 6.07) is 15.2. The Kier molecular flexibility index (Phi) is 12.6. The third-order valence-corrected chi connectivity index (χ3v) is 10.1. The smallest absolute Gasteiger partial charge is 0.367 e. The third-order valence-electron chi connectivity index (χ3n) is 7.03. The molecular weight excluding hydrogens is 591 g/mol. The van der Waals surface area contributed by atoms with E-state index in [1.54, 1.807) is 54.0 Å². The van der Waals surface area contributed by atoms with Gasteiger partial charge < -0.3 is 32.7 Å². The standard InChI is InChI=1S/C32H43O9PS/c1-9-40-42(34,21-39-31(33)22(2)23-10-11-25-17-26(35-5)13-12-24(25)16-23)41-15-14-32(3,4)43-20-28-29(37-7)18-27(36-6)19-30(28)38-8/h10-13,16-19,22H,9,14-15,20-21H2,1-8H3/t22-,42?/m0/s1. The number of carbonyl (C=O) groups is 1. The second-order valence-electron chi connectivity index (χ2n) is 10.5. The molecule has 2 atom stereocenters. The van der Waals surface area contributed by atoms with E-state index in [2.05, 4.69) is 13.8 Å². The number of rotatable bonds is 17. The number of carbonyl (C=O) groups excluding carboxylic acids is 1. The summed E-state index contributed by atoms with van der Waals surface area (Å²) in [6.45, 7) is 7.96. The molecule has 0 saturated carbocycles. The molecule has 0 aliphatic rings. The molecule has 11 heteroatoms.